The summed E-state index contributed by atoms with van der Waals surface area (Å²) < 4.78 is 0. The van der Waals surface area contributed by atoms with Gasteiger partial charge in [0, 0.05) is 17.8 Å². The molecule has 0 saturated heterocycles. The Morgan fingerprint density at radius 2 is 2.31 bits per heavy atom. The monoisotopic (exact) mass is 238 g/mol. The fraction of sp³-hybridized carbons (Fsp3) is 0.769. The van der Waals surface area contributed by atoms with Crippen LogP contribution in [0, 0.1) is 5.92 Å². The van der Waals surface area contributed by atoms with Crippen LogP contribution in [0.3, 0.4) is 0 Å². The van der Waals surface area contributed by atoms with Crippen LogP contribution in [0.25, 0.3) is 0 Å². The van der Waals surface area contributed by atoms with Crippen LogP contribution in [0.5, 0.6) is 0 Å². The van der Waals surface area contributed by atoms with Gasteiger partial charge in [0.1, 0.15) is 0 Å². The SMILES string of the molecule is CCNCc1csc(C2CCC(CC)C2)n1. The predicted octanol–water partition coefficient (Wildman–Crippen LogP) is 3.55. The lowest BCUT2D eigenvalue weighted by atomic mass is 10.0. The van der Waals surface area contributed by atoms with Gasteiger partial charge in [-0.15, -0.1) is 11.3 Å². The summed E-state index contributed by atoms with van der Waals surface area (Å²) in [6.07, 6.45) is 5.47. The highest BCUT2D eigenvalue weighted by molar-refractivity contribution is 7.09. The molecule has 2 unspecified atom stereocenters. The molecule has 1 fully saturated rings. The van der Waals surface area contributed by atoms with Crippen molar-refractivity contribution in [1.82, 2.24) is 10.3 Å². The van der Waals surface area contributed by atoms with Crippen LogP contribution >= 0.6 is 11.3 Å². The summed E-state index contributed by atoms with van der Waals surface area (Å²) in [6.45, 7) is 6.40. The average Bonchev–Trinajstić information content (AvgIpc) is 2.94. The maximum atomic E-state index is 4.75. The lowest BCUT2D eigenvalue weighted by molar-refractivity contribution is 0.520. The molecular weight excluding hydrogens is 216 g/mol. The van der Waals surface area contributed by atoms with Crippen LogP contribution in [-0.4, -0.2) is 11.5 Å². The second-order valence-electron chi connectivity index (χ2n) is 4.74. The van der Waals surface area contributed by atoms with E-state index in [1.807, 2.05) is 11.3 Å². The Labute approximate surface area is 102 Å². The quantitative estimate of drug-likeness (QED) is 0.848. The van der Waals surface area contributed by atoms with E-state index in [0.29, 0.717) is 0 Å². The molecule has 0 bridgehead atoms. The molecular formula is C13H22N2S. The Morgan fingerprint density at radius 1 is 1.44 bits per heavy atom. The van der Waals surface area contributed by atoms with Gasteiger partial charge in [-0.3, -0.25) is 0 Å². The van der Waals surface area contributed by atoms with Crippen molar-refractivity contribution in [3.8, 4) is 0 Å². The molecule has 1 aliphatic rings. The normalized spacial score (nSPS) is 25.1. The Hall–Kier alpha value is -0.410. The first-order valence-electron chi connectivity index (χ1n) is 6.48. The van der Waals surface area contributed by atoms with E-state index in [4.69, 9.17) is 4.98 Å². The minimum absolute atomic E-state index is 0.755. The highest BCUT2D eigenvalue weighted by atomic mass is 32.1. The van der Waals surface area contributed by atoms with E-state index in [-0.39, 0.29) is 0 Å². The summed E-state index contributed by atoms with van der Waals surface area (Å²) in [6, 6.07) is 0. The van der Waals surface area contributed by atoms with Gasteiger partial charge in [-0.2, -0.15) is 0 Å². The van der Waals surface area contributed by atoms with Crippen molar-refractivity contribution in [2.24, 2.45) is 5.92 Å². The summed E-state index contributed by atoms with van der Waals surface area (Å²) in [5.74, 6) is 1.71. The van der Waals surface area contributed by atoms with Gasteiger partial charge in [0.05, 0.1) is 10.7 Å². The van der Waals surface area contributed by atoms with Crippen molar-refractivity contribution in [2.75, 3.05) is 6.54 Å². The lowest BCUT2D eigenvalue weighted by Crippen LogP contribution is -2.12. The molecule has 16 heavy (non-hydrogen) atoms. The summed E-state index contributed by atoms with van der Waals surface area (Å²) >= 11 is 1.86. The van der Waals surface area contributed by atoms with E-state index in [1.54, 1.807) is 0 Å². The first kappa shape index (κ1) is 12.1. The molecule has 1 saturated carbocycles. The maximum Gasteiger partial charge on any atom is 0.0959 e. The van der Waals surface area contributed by atoms with Crippen molar-refractivity contribution in [3.63, 3.8) is 0 Å². The number of thiazole rings is 1. The minimum Gasteiger partial charge on any atom is -0.311 e. The van der Waals surface area contributed by atoms with Crippen LogP contribution < -0.4 is 5.32 Å². The topological polar surface area (TPSA) is 24.9 Å². The third-order valence-electron chi connectivity index (χ3n) is 3.59. The molecule has 1 aromatic heterocycles. The number of nitrogens with zero attached hydrogens (tertiary/aromatic N) is 1. The van der Waals surface area contributed by atoms with Crippen molar-refractivity contribution < 1.29 is 0 Å². The van der Waals surface area contributed by atoms with E-state index < -0.39 is 0 Å². The summed E-state index contributed by atoms with van der Waals surface area (Å²) in [5.41, 5.74) is 1.22. The summed E-state index contributed by atoms with van der Waals surface area (Å²) in [7, 11) is 0. The molecule has 2 rings (SSSR count). The molecule has 3 heteroatoms. The van der Waals surface area contributed by atoms with Crippen LogP contribution in [0.15, 0.2) is 5.38 Å². The number of hydrogen-bond donors (Lipinski definition) is 1. The van der Waals surface area contributed by atoms with Gasteiger partial charge in [0.2, 0.25) is 0 Å². The third-order valence-corrected chi connectivity index (χ3v) is 4.65. The van der Waals surface area contributed by atoms with Crippen LogP contribution in [0.1, 0.15) is 56.2 Å². The molecule has 2 atom stereocenters. The Bertz CT molecular complexity index is 321. The molecule has 0 amide bonds. The smallest absolute Gasteiger partial charge is 0.0959 e. The molecule has 1 aromatic rings. The standard InChI is InChI=1S/C13H22N2S/c1-3-10-5-6-11(7-10)13-15-12(9-16-13)8-14-4-2/h9-11,14H,3-8H2,1-2H3. The van der Waals surface area contributed by atoms with Gasteiger partial charge in [-0.1, -0.05) is 20.3 Å². The van der Waals surface area contributed by atoms with Gasteiger partial charge in [0.15, 0.2) is 0 Å². The maximum absolute atomic E-state index is 4.75. The second kappa shape index (κ2) is 5.78. The van der Waals surface area contributed by atoms with E-state index in [9.17, 15) is 0 Å². The molecule has 0 aliphatic heterocycles. The molecule has 1 heterocycles. The van der Waals surface area contributed by atoms with Crippen LogP contribution in [-0.2, 0) is 6.54 Å². The zero-order valence-corrected chi connectivity index (χ0v) is 11.1. The van der Waals surface area contributed by atoms with Crippen LogP contribution in [0.2, 0.25) is 0 Å². The number of hydrogen-bond acceptors (Lipinski definition) is 3. The summed E-state index contributed by atoms with van der Waals surface area (Å²) in [4.78, 5) is 4.75. The summed E-state index contributed by atoms with van der Waals surface area (Å²) in [5, 5.41) is 6.93. The fourth-order valence-electron chi connectivity index (χ4n) is 2.51. The molecule has 0 radical (unpaired) electrons. The van der Waals surface area contributed by atoms with E-state index in [0.717, 1.165) is 24.9 Å². The Balaban J connectivity index is 1.92. The third kappa shape index (κ3) is 2.83. The zero-order valence-electron chi connectivity index (χ0n) is 10.3. The second-order valence-corrected chi connectivity index (χ2v) is 5.63. The van der Waals surface area contributed by atoms with E-state index in [1.165, 1.54) is 36.4 Å². The van der Waals surface area contributed by atoms with Gasteiger partial charge >= 0.3 is 0 Å². The first-order valence-corrected chi connectivity index (χ1v) is 7.36. The molecule has 0 aromatic carbocycles. The van der Waals surface area contributed by atoms with Crippen molar-refractivity contribution in [3.05, 3.63) is 16.1 Å². The van der Waals surface area contributed by atoms with Crippen molar-refractivity contribution in [2.45, 2.75) is 52.0 Å². The minimum atomic E-state index is 0.755. The highest BCUT2D eigenvalue weighted by Gasteiger charge is 2.26. The van der Waals surface area contributed by atoms with Gasteiger partial charge < -0.3 is 5.32 Å². The van der Waals surface area contributed by atoms with Crippen LogP contribution in [0.4, 0.5) is 0 Å². The predicted molar refractivity (Wildman–Crippen MR) is 69.9 cm³/mol. The number of aromatic nitrogens is 1. The average molecular weight is 238 g/mol. The van der Waals surface area contributed by atoms with Crippen molar-refractivity contribution in [1.29, 1.82) is 0 Å². The largest absolute Gasteiger partial charge is 0.311 e. The van der Waals surface area contributed by atoms with Gasteiger partial charge in [0.25, 0.3) is 0 Å². The molecule has 1 N–H and O–H groups in total. The lowest BCUT2D eigenvalue weighted by Gasteiger charge is -2.06. The highest BCUT2D eigenvalue weighted by Crippen LogP contribution is 2.40. The number of nitrogens with one attached hydrogen (secondary N) is 1. The fourth-order valence-corrected chi connectivity index (χ4v) is 3.48. The molecule has 0 spiro atoms. The van der Waals surface area contributed by atoms with Crippen molar-refractivity contribution >= 4 is 11.3 Å². The Morgan fingerprint density at radius 3 is 3.00 bits per heavy atom. The van der Waals surface area contributed by atoms with Gasteiger partial charge in [-0.05, 0) is 31.7 Å². The zero-order chi connectivity index (χ0) is 11.4. The molecule has 1 aliphatic carbocycles. The van der Waals surface area contributed by atoms with E-state index in [2.05, 4.69) is 24.5 Å². The van der Waals surface area contributed by atoms with E-state index >= 15 is 0 Å². The molecule has 90 valence electrons. The van der Waals surface area contributed by atoms with Gasteiger partial charge in [-0.25, -0.2) is 4.98 Å². The first-order chi connectivity index (χ1) is 7.83. The number of rotatable bonds is 5. The molecule has 2 nitrogen and oxygen atoms in total. The Kier molecular flexibility index (Phi) is 4.36.